The van der Waals surface area contributed by atoms with Crippen molar-refractivity contribution in [2.24, 2.45) is 0 Å². The first-order valence-electron chi connectivity index (χ1n) is 8.25. The van der Waals surface area contributed by atoms with E-state index in [-0.39, 0.29) is 24.4 Å². The number of hydrogen-bond acceptors (Lipinski definition) is 7. The topological polar surface area (TPSA) is 122 Å². The van der Waals surface area contributed by atoms with E-state index >= 15 is 0 Å². The van der Waals surface area contributed by atoms with Crippen molar-refractivity contribution >= 4 is 22.9 Å². The molecule has 1 aliphatic heterocycles. The maximum atomic E-state index is 13.0. The van der Waals surface area contributed by atoms with Gasteiger partial charge < -0.3 is 20.3 Å². The summed E-state index contributed by atoms with van der Waals surface area (Å²) in [5, 5.41) is 21.8. The molecule has 2 aromatic heterocycles. The van der Waals surface area contributed by atoms with Crippen molar-refractivity contribution in [2.45, 2.75) is 24.9 Å². The Hall–Kier alpha value is -2.95. The average molecular weight is 373 g/mol. The molecule has 3 atom stereocenters. The molecule has 3 heterocycles. The normalized spacial score (nSPS) is 22.3. The Morgan fingerprint density at radius 3 is 2.78 bits per heavy atom. The van der Waals surface area contributed by atoms with Crippen LogP contribution in [0.5, 0.6) is 0 Å². The van der Waals surface area contributed by atoms with Gasteiger partial charge in [-0.3, -0.25) is 9.36 Å². The van der Waals surface area contributed by atoms with Crippen molar-refractivity contribution in [3.63, 3.8) is 0 Å². The lowest BCUT2D eigenvalue weighted by Gasteiger charge is -2.13. The Bertz CT molecular complexity index is 977. The first-order chi connectivity index (χ1) is 13.1. The lowest BCUT2D eigenvalue weighted by molar-refractivity contribution is -0.0432. The summed E-state index contributed by atoms with van der Waals surface area (Å²) in [5.41, 5.74) is 1.03. The van der Waals surface area contributed by atoms with E-state index in [1.165, 1.54) is 36.9 Å². The lowest BCUT2D eigenvalue weighted by Crippen LogP contribution is -2.24. The number of nitrogens with one attached hydrogen (secondary N) is 1. The number of rotatable bonds is 4. The predicted molar refractivity (Wildman–Crippen MR) is 91.3 cm³/mol. The standard InChI is InChI=1S/C17H16FN5O4/c18-10-3-1-9(2-4-10)17(26)22-15-14-16(20-7-19-15)23(8-21-14)13-5-11(25)12(6-24)27-13/h1-4,7-8,11-13,24-25H,5-6H2,(H,19,20,22,26)/t11-,12+,13+/m0/s1. The van der Waals surface area contributed by atoms with Gasteiger partial charge in [-0.2, -0.15) is 0 Å². The van der Waals surface area contributed by atoms with Crippen LogP contribution in [0, 0.1) is 5.82 Å². The fourth-order valence-corrected chi connectivity index (χ4v) is 2.99. The van der Waals surface area contributed by atoms with E-state index in [9.17, 15) is 19.4 Å². The number of nitrogens with zero attached hydrogens (tertiary/aromatic N) is 4. The summed E-state index contributed by atoms with van der Waals surface area (Å²) in [7, 11) is 0. The second-order valence-electron chi connectivity index (χ2n) is 6.12. The molecule has 10 heteroatoms. The van der Waals surface area contributed by atoms with Crippen molar-refractivity contribution in [3.8, 4) is 0 Å². The van der Waals surface area contributed by atoms with E-state index in [1.54, 1.807) is 4.57 Å². The van der Waals surface area contributed by atoms with E-state index < -0.39 is 30.2 Å². The highest BCUT2D eigenvalue weighted by molar-refractivity contribution is 6.06. The van der Waals surface area contributed by atoms with Crippen LogP contribution in [0.15, 0.2) is 36.9 Å². The van der Waals surface area contributed by atoms with Gasteiger partial charge in [0.25, 0.3) is 5.91 Å². The molecule has 1 amide bonds. The molecule has 0 aliphatic carbocycles. The third-order valence-corrected chi connectivity index (χ3v) is 4.39. The summed E-state index contributed by atoms with van der Waals surface area (Å²) in [6.07, 6.45) is 1.01. The number of anilines is 1. The minimum atomic E-state index is -0.795. The van der Waals surface area contributed by atoms with E-state index in [2.05, 4.69) is 20.3 Å². The van der Waals surface area contributed by atoms with Crippen LogP contribution in [0.2, 0.25) is 0 Å². The molecule has 0 unspecified atom stereocenters. The molecule has 1 fully saturated rings. The Morgan fingerprint density at radius 2 is 2.07 bits per heavy atom. The van der Waals surface area contributed by atoms with Crippen LogP contribution < -0.4 is 5.32 Å². The maximum Gasteiger partial charge on any atom is 0.256 e. The number of aliphatic hydroxyl groups excluding tert-OH is 2. The van der Waals surface area contributed by atoms with Crippen LogP contribution in [0.25, 0.3) is 11.2 Å². The molecule has 27 heavy (non-hydrogen) atoms. The monoisotopic (exact) mass is 373 g/mol. The quantitative estimate of drug-likeness (QED) is 0.620. The SMILES string of the molecule is O=C(Nc1ncnc2c1ncn2[C@H]1C[C@H](O)[C@@H](CO)O1)c1ccc(F)cc1. The number of hydrogen-bond donors (Lipinski definition) is 3. The molecule has 0 saturated carbocycles. The van der Waals surface area contributed by atoms with E-state index in [1.807, 2.05) is 0 Å². The van der Waals surface area contributed by atoms with Crippen molar-refractivity contribution in [3.05, 3.63) is 48.3 Å². The molecule has 0 spiro atoms. The van der Waals surface area contributed by atoms with Crippen molar-refractivity contribution in [1.82, 2.24) is 19.5 Å². The fraction of sp³-hybridized carbons (Fsp3) is 0.294. The first-order valence-corrected chi connectivity index (χ1v) is 8.25. The number of amides is 1. The van der Waals surface area contributed by atoms with E-state index in [0.717, 1.165) is 0 Å². The number of aliphatic hydroxyl groups is 2. The number of halogens is 1. The first kappa shape index (κ1) is 17.5. The Kier molecular flexibility index (Phi) is 4.52. The molecule has 1 aromatic carbocycles. The molecule has 1 saturated heterocycles. The zero-order valence-electron chi connectivity index (χ0n) is 14.0. The third kappa shape index (κ3) is 3.25. The molecule has 4 rings (SSSR count). The average Bonchev–Trinajstić information content (AvgIpc) is 3.26. The van der Waals surface area contributed by atoms with Crippen molar-refractivity contribution in [1.29, 1.82) is 0 Å². The van der Waals surface area contributed by atoms with Gasteiger partial charge in [-0.15, -0.1) is 0 Å². The van der Waals surface area contributed by atoms with Gasteiger partial charge in [0.2, 0.25) is 0 Å². The van der Waals surface area contributed by atoms with Crippen LogP contribution in [-0.2, 0) is 4.74 Å². The summed E-state index contributed by atoms with van der Waals surface area (Å²) in [6.45, 7) is -0.293. The number of aromatic nitrogens is 4. The van der Waals surface area contributed by atoms with Gasteiger partial charge in [0, 0.05) is 12.0 Å². The zero-order chi connectivity index (χ0) is 19.0. The summed E-state index contributed by atoms with van der Waals surface area (Å²) >= 11 is 0. The predicted octanol–water partition coefficient (Wildman–Crippen LogP) is 0.858. The molecule has 1 aliphatic rings. The van der Waals surface area contributed by atoms with Crippen LogP contribution in [0.1, 0.15) is 23.0 Å². The summed E-state index contributed by atoms with van der Waals surface area (Å²) < 4.78 is 20.2. The molecule has 0 radical (unpaired) electrons. The number of carbonyl (C=O) groups excluding carboxylic acids is 1. The highest BCUT2D eigenvalue weighted by Crippen LogP contribution is 2.31. The second kappa shape index (κ2) is 6.99. The Labute approximate surface area is 152 Å². The highest BCUT2D eigenvalue weighted by Gasteiger charge is 2.35. The van der Waals surface area contributed by atoms with Gasteiger partial charge >= 0.3 is 0 Å². The minimum Gasteiger partial charge on any atom is -0.394 e. The highest BCUT2D eigenvalue weighted by atomic mass is 19.1. The van der Waals surface area contributed by atoms with E-state index in [0.29, 0.717) is 11.2 Å². The van der Waals surface area contributed by atoms with Crippen LogP contribution >= 0.6 is 0 Å². The molecule has 3 aromatic rings. The zero-order valence-corrected chi connectivity index (χ0v) is 14.0. The van der Waals surface area contributed by atoms with Crippen LogP contribution in [-0.4, -0.2) is 54.5 Å². The van der Waals surface area contributed by atoms with Crippen molar-refractivity contribution in [2.75, 3.05) is 11.9 Å². The number of ether oxygens (including phenoxy) is 1. The van der Waals surface area contributed by atoms with Gasteiger partial charge in [0.05, 0.1) is 19.0 Å². The summed E-state index contributed by atoms with van der Waals surface area (Å²) in [4.78, 5) is 24.8. The van der Waals surface area contributed by atoms with Crippen LogP contribution in [0.3, 0.4) is 0 Å². The van der Waals surface area contributed by atoms with Crippen LogP contribution in [0.4, 0.5) is 10.2 Å². The summed E-state index contributed by atoms with van der Waals surface area (Å²) in [6, 6.07) is 5.12. The Morgan fingerprint density at radius 1 is 1.30 bits per heavy atom. The smallest absolute Gasteiger partial charge is 0.256 e. The number of carbonyl (C=O) groups is 1. The maximum absolute atomic E-state index is 13.0. The third-order valence-electron chi connectivity index (χ3n) is 4.39. The van der Waals surface area contributed by atoms with Gasteiger partial charge in [0.15, 0.2) is 17.0 Å². The molecule has 9 nitrogen and oxygen atoms in total. The minimum absolute atomic E-state index is 0.199. The van der Waals surface area contributed by atoms with Gasteiger partial charge in [-0.1, -0.05) is 0 Å². The fourth-order valence-electron chi connectivity index (χ4n) is 2.99. The van der Waals surface area contributed by atoms with Gasteiger partial charge in [-0.05, 0) is 24.3 Å². The number of benzene rings is 1. The lowest BCUT2D eigenvalue weighted by atomic mass is 10.2. The number of imidazole rings is 1. The number of fused-ring (bicyclic) bond motifs is 1. The van der Waals surface area contributed by atoms with Gasteiger partial charge in [0.1, 0.15) is 24.5 Å². The molecular formula is C17H16FN5O4. The summed E-state index contributed by atoms with van der Waals surface area (Å²) in [5.74, 6) is -0.697. The molecule has 140 valence electrons. The van der Waals surface area contributed by atoms with Crippen molar-refractivity contribution < 1.29 is 24.1 Å². The van der Waals surface area contributed by atoms with E-state index in [4.69, 9.17) is 4.74 Å². The molecular weight excluding hydrogens is 357 g/mol. The second-order valence-corrected chi connectivity index (χ2v) is 6.12. The molecule has 0 bridgehead atoms. The molecule has 3 N–H and O–H groups in total. The Balaban J connectivity index is 1.61. The largest absolute Gasteiger partial charge is 0.394 e. The van der Waals surface area contributed by atoms with Gasteiger partial charge in [-0.25, -0.2) is 19.3 Å².